The molecule has 12 heavy (non-hydrogen) atoms. The van der Waals surface area contributed by atoms with E-state index in [2.05, 4.69) is 25.2 Å². The van der Waals surface area contributed by atoms with Gasteiger partial charge in [0.15, 0.2) is 0 Å². The molecule has 0 aromatic heterocycles. The molecule has 0 rings (SSSR count). The topological polar surface area (TPSA) is 38.0 Å². The highest BCUT2D eigenvalue weighted by Crippen LogP contribution is 2.13. The van der Waals surface area contributed by atoms with Gasteiger partial charge in [0.25, 0.3) is 0 Å². The third-order valence-corrected chi connectivity index (χ3v) is 2.24. The van der Waals surface area contributed by atoms with Crippen LogP contribution in [0.15, 0.2) is 0 Å². The van der Waals surface area contributed by atoms with Crippen molar-refractivity contribution in [2.45, 2.75) is 45.6 Å². The van der Waals surface area contributed by atoms with Crippen molar-refractivity contribution in [1.82, 2.24) is 5.43 Å². The Kier molecular flexibility index (Phi) is 6.84. The van der Waals surface area contributed by atoms with Crippen LogP contribution < -0.4 is 11.3 Å². The van der Waals surface area contributed by atoms with Crippen molar-refractivity contribution in [2.24, 2.45) is 11.8 Å². The first-order valence-electron chi connectivity index (χ1n) is 4.65. The Hall–Kier alpha value is -0.520. The fraction of sp³-hybridized carbons (Fsp3) is 0.800. The van der Waals surface area contributed by atoms with Crippen molar-refractivity contribution >= 4 is 0 Å². The van der Waals surface area contributed by atoms with Crippen LogP contribution in [0.25, 0.3) is 0 Å². The predicted molar refractivity (Wildman–Crippen MR) is 53.3 cm³/mol. The summed E-state index contributed by atoms with van der Waals surface area (Å²) in [7, 11) is 0. The number of nitrogens with one attached hydrogen (secondary N) is 1. The van der Waals surface area contributed by atoms with Gasteiger partial charge in [-0.2, -0.15) is 0 Å². The summed E-state index contributed by atoms with van der Waals surface area (Å²) < 4.78 is 0. The first-order chi connectivity index (χ1) is 5.76. The molecule has 2 heteroatoms. The van der Waals surface area contributed by atoms with E-state index in [9.17, 15) is 0 Å². The molecular weight excluding hydrogens is 148 g/mol. The number of hydrazine groups is 1. The Morgan fingerprint density at radius 3 is 2.58 bits per heavy atom. The van der Waals surface area contributed by atoms with Crippen molar-refractivity contribution in [3.63, 3.8) is 0 Å². The average molecular weight is 168 g/mol. The molecule has 0 amide bonds. The van der Waals surface area contributed by atoms with E-state index < -0.39 is 0 Å². The lowest BCUT2D eigenvalue weighted by Crippen LogP contribution is -2.39. The van der Waals surface area contributed by atoms with Gasteiger partial charge in [-0.25, -0.2) is 0 Å². The number of rotatable bonds is 6. The van der Waals surface area contributed by atoms with Gasteiger partial charge < -0.3 is 0 Å². The van der Waals surface area contributed by atoms with Crippen molar-refractivity contribution in [3.8, 4) is 12.3 Å². The predicted octanol–water partition coefficient (Wildman–Crippen LogP) is 1.67. The van der Waals surface area contributed by atoms with Crippen molar-refractivity contribution in [3.05, 3.63) is 0 Å². The minimum atomic E-state index is 0.376. The van der Waals surface area contributed by atoms with Gasteiger partial charge in [-0.1, -0.05) is 20.3 Å². The monoisotopic (exact) mass is 168 g/mol. The SMILES string of the molecule is C#CCCC(NN)C(C)CCC. The molecule has 0 saturated carbocycles. The molecule has 0 fully saturated rings. The molecule has 0 aliphatic rings. The van der Waals surface area contributed by atoms with Gasteiger partial charge in [0.05, 0.1) is 0 Å². The third kappa shape index (κ3) is 4.38. The lowest BCUT2D eigenvalue weighted by atomic mass is 9.94. The Morgan fingerprint density at radius 2 is 2.17 bits per heavy atom. The summed E-state index contributed by atoms with van der Waals surface area (Å²) >= 11 is 0. The minimum Gasteiger partial charge on any atom is -0.271 e. The Labute approximate surface area is 75.9 Å². The van der Waals surface area contributed by atoms with Gasteiger partial charge in [-0.3, -0.25) is 11.3 Å². The quantitative estimate of drug-likeness (QED) is 0.360. The van der Waals surface area contributed by atoms with Gasteiger partial charge in [0.1, 0.15) is 0 Å². The molecule has 0 aromatic carbocycles. The van der Waals surface area contributed by atoms with E-state index in [0.717, 1.165) is 12.8 Å². The van der Waals surface area contributed by atoms with Gasteiger partial charge in [0.2, 0.25) is 0 Å². The molecule has 0 aliphatic carbocycles. The van der Waals surface area contributed by atoms with Crippen LogP contribution in [0.4, 0.5) is 0 Å². The number of hydrogen-bond acceptors (Lipinski definition) is 2. The molecule has 2 nitrogen and oxygen atoms in total. The summed E-state index contributed by atoms with van der Waals surface area (Å²) in [6.45, 7) is 4.40. The Morgan fingerprint density at radius 1 is 1.50 bits per heavy atom. The third-order valence-electron chi connectivity index (χ3n) is 2.24. The summed E-state index contributed by atoms with van der Waals surface area (Å²) in [5.41, 5.74) is 2.83. The highest BCUT2D eigenvalue weighted by atomic mass is 15.2. The van der Waals surface area contributed by atoms with Crippen LogP contribution in [0.2, 0.25) is 0 Å². The van der Waals surface area contributed by atoms with Crippen LogP contribution in [0.5, 0.6) is 0 Å². The molecule has 70 valence electrons. The summed E-state index contributed by atoms with van der Waals surface area (Å²) in [4.78, 5) is 0. The molecule has 3 N–H and O–H groups in total. The standard InChI is InChI=1S/C10H20N2/c1-4-6-8-10(12-11)9(3)7-5-2/h1,9-10,12H,5-8,11H2,2-3H3. The lowest BCUT2D eigenvalue weighted by Gasteiger charge is -2.21. The summed E-state index contributed by atoms with van der Waals surface area (Å²) in [5, 5.41) is 0. The van der Waals surface area contributed by atoms with Crippen LogP contribution in [0.1, 0.15) is 39.5 Å². The maximum Gasteiger partial charge on any atom is 0.0245 e. The summed E-state index contributed by atoms with van der Waals surface area (Å²) in [5.74, 6) is 8.68. The van der Waals surface area contributed by atoms with Gasteiger partial charge in [-0.15, -0.1) is 12.3 Å². The van der Waals surface area contributed by atoms with Gasteiger partial charge in [0, 0.05) is 12.5 Å². The zero-order valence-electron chi connectivity index (χ0n) is 8.14. The second-order valence-electron chi connectivity index (χ2n) is 3.28. The number of hydrogen-bond donors (Lipinski definition) is 2. The zero-order valence-corrected chi connectivity index (χ0v) is 8.14. The van der Waals surface area contributed by atoms with Crippen LogP contribution >= 0.6 is 0 Å². The molecule has 0 heterocycles. The minimum absolute atomic E-state index is 0.376. The van der Waals surface area contributed by atoms with E-state index >= 15 is 0 Å². The van der Waals surface area contributed by atoms with E-state index in [1.54, 1.807) is 0 Å². The van der Waals surface area contributed by atoms with Crippen LogP contribution in [-0.2, 0) is 0 Å². The fourth-order valence-electron chi connectivity index (χ4n) is 1.43. The molecule has 0 radical (unpaired) electrons. The van der Waals surface area contributed by atoms with Gasteiger partial charge in [-0.05, 0) is 18.8 Å². The molecule has 0 spiro atoms. The normalized spacial score (nSPS) is 15.2. The zero-order chi connectivity index (χ0) is 9.40. The second-order valence-corrected chi connectivity index (χ2v) is 3.28. The Balaban J connectivity index is 3.72. The lowest BCUT2D eigenvalue weighted by molar-refractivity contribution is 0.344. The number of nitrogens with two attached hydrogens (primary N) is 1. The molecule has 0 aliphatic heterocycles. The van der Waals surface area contributed by atoms with Crippen molar-refractivity contribution in [1.29, 1.82) is 0 Å². The molecule has 2 atom stereocenters. The fourth-order valence-corrected chi connectivity index (χ4v) is 1.43. The van der Waals surface area contributed by atoms with Crippen LogP contribution in [-0.4, -0.2) is 6.04 Å². The van der Waals surface area contributed by atoms with Crippen LogP contribution in [0.3, 0.4) is 0 Å². The summed E-state index contributed by atoms with van der Waals surface area (Å²) in [6, 6.07) is 0.376. The highest BCUT2D eigenvalue weighted by molar-refractivity contribution is 4.86. The van der Waals surface area contributed by atoms with Crippen LogP contribution in [0, 0.1) is 18.3 Å². The van der Waals surface area contributed by atoms with E-state index in [1.807, 2.05) is 0 Å². The maximum absolute atomic E-state index is 5.43. The molecule has 2 unspecified atom stereocenters. The highest BCUT2D eigenvalue weighted by Gasteiger charge is 2.13. The number of terminal acetylenes is 1. The van der Waals surface area contributed by atoms with Gasteiger partial charge >= 0.3 is 0 Å². The average Bonchev–Trinajstić information content (AvgIpc) is 2.06. The van der Waals surface area contributed by atoms with Crippen molar-refractivity contribution < 1.29 is 0 Å². The van der Waals surface area contributed by atoms with E-state index in [4.69, 9.17) is 12.3 Å². The molecule has 0 aromatic rings. The maximum atomic E-state index is 5.43. The van der Waals surface area contributed by atoms with E-state index in [0.29, 0.717) is 12.0 Å². The molecular formula is C10H20N2. The Bertz CT molecular complexity index is 137. The molecule has 0 bridgehead atoms. The van der Waals surface area contributed by atoms with E-state index in [1.165, 1.54) is 12.8 Å². The first kappa shape index (κ1) is 11.5. The smallest absolute Gasteiger partial charge is 0.0245 e. The second kappa shape index (κ2) is 7.15. The largest absolute Gasteiger partial charge is 0.271 e. The first-order valence-corrected chi connectivity index (χ1v) is 4.65. The molecule has 0 saturated heterocycles. The van der Waals surface area contributed by atoms with E-state index in [-0.39, 0.29) is 0 Å². The summed E-state index contributed by atoms with van der Waals surface area (Å²) in [6.07, 6.45) is 9.39. The van der Waals surface area contributed by atoms with Crippen molar-refractivity contribution in [2.75, 3.05) is 0 Å².